The van der Waals surface area contributed by atoms with Crippen LogP contribution >= 0.6 is 11.6 Å². The molecule has 0 spiro atoms. The lowest BCUT2D eigenvalue weighted by molar-refractivity contribution is -0.136. The third-order valence-electron chi connectivity index (χ3n) is 4.62. The van der Waals surface area contributed by atoms with Crippen molar-refractivity contribution >= 4 is 27.6 Å². The number of carboxylic acids is 1. The molecule has 0 unspecified atom stereocenters. The van der Waals surface area contributed by atoms with E-state index in [2.05, 4.69) is 9.71 Å². The molecule has 3 rings (SSSR count). The molecule has 7 nitrogen and oxygen atoms in total. The number of aliphatic carboxylic acids is 1. The molecule has 3 aromatic rings. The molecule has 0 bridgehead atoms. The Morgan fingerprint density at radius 3 is 2.40 bits per heavy atom. The molecule has 0 aliphatic carbocycles. The van der Waals surface area contributed by atoms with Crippen molar-refractivity contribution in [2.75, 3.05) is 6.54 Å². The molecule has 0 saturated carbocycles. The van der Waals surface area contributed by atoms with Gasteiger partial charge in [0.05, 0.1) is 11.3 Å². The molecule has 0 amide bonds. The average Bonchev–Trinajstić information content (AvgIpc) is 3.09. The van der Waals surface area contributed by atoms with E-state index in [1.165, 1.54) is 24.3 Å². The summed E-state index contributed by atoms with van der Waals surface area (Å²) >= 11 is 5.82. The largest absolute Gasteiger partial charge is 0.481 e. The zero-order chi connectivity index (χ0) is 21.6. The van der Waals surface area contributed by atoms with Gasteiger partial charge in [0.2, 0.25) is 10.0 Å². The molecule has 0 aliphatic heterocycles. The van der Waals surface area contributed by atoms with Crippen LogP contribution in [-0.4, -0.2) is 35.6 Å². The van der Waals surface area contributed by atoms with Crippen LogP contribution in [0.2, 0.25) is 5.02 Å². The predicted octanol–water partition coefficient (Wildman–Crippen LogP) is 3.12. The van der Waals surface area contributed by atoms with Gasteiger partial charge in [0.15, 0.2) is 0 Å². The van der Waals surface area contributed by atoms with Crippen LogP contribution in [0.3, 0.4) is 0 Å². The van der Waals surface area contributed by atoms with E-state index in [-0.39, 0.29) is 17.9 Å². The maximum atomic E-state index is 12.5. The number of halogens is 1. The van der Waals surface area contributed by atoms with Gasteiger partial charge in [0.25, 0.3) is 0 Å². The van der Waals surface area contributed by atoms with Gasteiger partial charge < -0.3 is 9.67 Å². The van der Waals surface area contributed by atoms with Crippen LogP contribution in [0.15, 0.2) is 65.8 Å². The smallest absolute Gasteiger partial charge is 0.303 e. The summed E-state index contributed by atoms with van der Waals surface area (Å²) in [7, 11) is -3.64. The van der Waals surface area contributed by atoms with Crippen LogP contribution in [0, 0.1) is 0 Å². The van der Waals surface area contributed by atoms with Gasteiger partial charge in [-0.2, -0.15) is 0 Å². The van der Waals surface area contributed by atoms with E-state index in [0.29, 0.717) is 24.4 Å². The van der Waals surface area contributed by atoms with Gasteiger partial charge in [-0.15, -0.1) is 0 Å². The molecule has 0 fully saturated rings. The lowest BCUT2D eigenvalue weighted by Gasteiger charge is -2.14. The molecule has 2 N–H and O–H groups in total. The van der Waals surface area contributed by atoms with Crippen molar-refractivity contribution < 1.29 is 18.3 Å². The second kappa shape index (κ2) is 9.88. The molecule has 9 heteroatoms. The van der Waals surface area contributed by atoms with Crippen LogP contribution in [0.25, 0.3) is 0 Å². The molecular weight excluding hydrogens is 426 g/mol. The minimum atomic E-state index is -3.64. The number of aryl methyl sites for hydroxylation is 1. The summed E-state index contributed by atoms with van der Waals surface area (Å²) < 4.78 is 29.5. The topological polar surface area (TPSA) is 101 Å². The zero-order valence-corrected chi connectivity index (χ0v) is 17.7. The van der Waals surface area contributed by atoms with Crippen LogP contribution in [0.4, 0.5) is 0 Å². The van der Waals surface area contributed by atoms with Crippen LogP contribution in [-0.2, 0) is 34.2 Å². The van der Waals surface area contributed by atoms with E-state index in [1.807, 2.05) is 28.8 Å². The third-order valence-corrected chi connectivity index (χ3v) is 6.35. The normalized spacial score (nSPS) is 11.5. The molecule has 1 aromatic carbocycles. The number of rotatable bonds is 10. The molecule has 2 heterocycles. The quantitative estimate of drug-likeness (QED) is 0.497. The number of aromatic nitrogens is 2. The Hall–Kier alpha value is -2.68. The van der Waals surface area contributed by atoms with Gasteiger partial charge in [-0.25, -0.2) is 13.1 Å². The minimum Gasteiger partial charge on any atom is -0.481 e. The summed E-state index contributed by atoms with van der Waals surface area (Å²) in [6.45, 7) is 0.745. The standard InChI is InChI=1S/C21H22ClN3O4S/c22-17-3-8-20(9-4-17)30(28,29)24-13-11-19-6-5-18(7-10-21(26)27)25(19)15-16-2-1-12-23-14-16/h1-6,8-9,12,14,24H,7,10-11,13,15H2,(H,26,27). The van der Waals surface area contributed by atoms with Crippen LogP contribution in [0.5, 0.6) is 0 Å². The second-order valence-electron chi connectivity index (χ2n) is 6.76. The summed E-state index contributed by atoms with van der Waals surface area (Å²) in [5.41, 5.74) is 2.78. The first kappa shape index (κ1) is 22.0. The summed E-state index contributed by atoms with van der Waals surface area (Å²) in [6, 6.07) is 13.6. The highest BCUT2D eigenvalue weighted by molar-refractivity contribution is 7.89. The maximum absolute atomic E-state index is 12.5. The maximum Gasteiger partial charge on any atom is 0.303 e. The monoisotopic (exact) mass is 447 g/mol. The lowest BCUT2D eigenvalue weighted by Crippen LogP contribution is -2.26. The molecule has 0 saturated heterocycles. The molecule has 0 atom stereocenters. The van der Waals surface area contributed by atoms with Gasteiger partial charge in [-0.1, -0.05) is 17.7 Å². The van der Waals surface area contributed by atoms with Gasteiger partial charge in [0.1, 0.15) is 0 Å². The van der Waals surface area contributed by atoms with Crippen LogP contribution in [0.1, 0.15) is 23.4 Å². The van der Waals surface area contributed by atoms with Crippen molar-refractivity contribution in [1.82, 2.24) is 14.3 Å². The fourth-order valence-electron chi connectivity index (χ4n) is 3.12. The number of pyridine rings is 1. The van der Waals surface area contributed by atoms with E-state index >= 15 is 0 Å². The van der Waals surface area contributed by atoms with Crippen molar-refractivity contribution in [2.45, 2.75) is 30.7 Å². The number of hydrogen-bond donors (Lipinski definition) is 2. The molecule has 0 aliphatic rings. The number of carboxylic acid groups (broad SMARTS) is 1. The number of carbonyl (C=O) groups is 1. The first-order valence-corrected chi connectivity index (χ1v) is 11.2. The van der Waals surface area contributed by atoms with Crippen molar-refractivity contribution in [3.05, 3.63) is 82.9 Å². The van der Waals surface area contributed by atoms with Crippen molar-refractivity contribution in [3.63, 3.8) is 0 Å². The van der Waals surface area contributed by atoms with Gasteiger partial charge in [-0.05, 0) is 54.4 Å². The molecule has 158 valence electrons. The number of sulfonamides is 1. The summed E-state index contributed by atoms with van der Waals surface area (Å²) in [6.07, 6.45) is 4.33. The first-order chi connectivity index (χ1) is 14.3. The Labute approximate surface area is 180 Å². The number of hydrogen-bond acceptors (Lipinski definition) is 4. The fraction of sp³-hybridized carbons (Fsp3) is 0.238. The van der Waals surface area contributed by atoms with Crippen molar-refractivity contribution in [3.8, 4) is 0 Å². The number of nitrogens with zero attached hydrogens (tertiary/aromatic N) is 2. The van der Waals surface area contributed by atoms with E-state index in [9.17, 15) is 13.2 Å². The highest BCUT2D eigenvalue weighted by Gasteiger charge is 2.15. The van der Waals surface area contributed by atoms with Crippen molar-refractivity contribution in [2.24, 2.45) is 0 Å². The lowest BCUT2D eigenvalue weighted by atomic mass is 10.2. The Morgan fingerprint density at radius 1 is 1.07 bits per heavy atom. The number of benzene rings is 1. The van der Waals surface area contributed by atoms with Crippen LogP contribution < -0.4 is 4.72 Å². The Morgan fingerprint density at radius 2 is 1.77 bits per heavy atom. The zero-order valence-electron chi connectivity index (χ0n) is 16.2. The van der Waals surface area contributed by atoms with Crippen molar-refractivity contribution in [1.29, 1.82) is 0 Å². The Bertz CT molecular complexity index is 1100. The van der Waals surface area contributed by atoms with E-state index in [4.69, 9.17) is 16.7 Å². The van der Waals surface area contributed by atoms with E-state index < -0.39 is 16.0 Å². The first-order valence-electron chi connectivity index (χ1n) is 9.38. The summed E-state index contributed by atoms with van der Waals surface area (Å²) in [4.78, 5) is 15.3. The SMILES string of the molecule is O=C(O)CCc1ccc(CCNS(=O)(=O)c2ccc(Cl)cc2)n1Cc1cccnc1. The molecule has 0 radical (unpaired) electrons. The summed E-state index contributed by atoms with van der Waals surface area (Å²) in [5.74, 6) is -0.860. The fourth-order valence-corrected chi connectivity index (χ4v) is 4.27. The molecule has 30 heavy (non-hydrogen) atoms. The second-order valence-corrected chi connectivity index (χ2v) is 8.96. The van der Waals surface area contributed by atoms with Gasteiger partial charge >= 0.3 is 5.97 Å². The average molecular weight is 448 g/mol. The highest BCUT2D eigenvalue weighted by atomic mass is 35.5. The van der Waals surface area contributed by atoms with E-state index in [1.54, 1.807) is 12.4 Å². The summed E-state index contributed by atoms with van der Waals surface area (Å²) in [5, 5.41) is 9.48. The Kier molecular flexibility index (Phi) is 7.25. The van der Waals surface area contributed by atoms with Gasteiger partial charge in [0, 0.05) is 48.3 Å². The van der Waals surface area contributed by atoms with E-state index in [0.717, 1.165) is 17.0 Å². The minimum absolute atomic E-state index is 0.0275. The van der Waals surface area contributed by atoms with Gasteiger partial charge in [-0.3, -0.25) is 9.78 Å². The predicted molar refractivity (Wildman–Crippen MR) is 114 cm³/mol. The molecular formula is C21H22ClN3O4S. The third kappa shape index (κ3) is 5.91. The molecule has 2 aromatic heterocycles. The Balaban J connectivity index is 1.72. The number of nitrogens with one attached hydrogen (secondary N) is 1. The highest BCUT2D eigenvalue weighted by Crippen LogP contribution is 2.16.